The van der Waals surface area contributed by atoms with Crippen molar-refractivity contribution in [2.45, 2.75) is 19.4 Å². The largest absolute Gasteiger partial charge is 0.490 e. The molecule has 0 bridgehead atoms. The molecule has 2 aliphatic rings. The predicted octanol–water partition coefficient (Wildman–Crippen LogP) is 5.95. The predicted molar refractivity (Wildman–Crippen MR) is 180 cm³/mol. The molecule has 2 aliphatic heterocycles. The Hall–Kier alpha value is -3.74. The number of fused-ring (bicyclic) bond motifs is 1. The molecule has 0 atom stereocenters. The van der Waals surface area contributed by atoms with Crippen LogP contribution in [0.4, 0.5) is 15.9 Å². The first kappa shape index (κ1) is 33.2. The van der Waals surface area contributed by atoms with E-state index in [0.29, 0.717) is 41.3 Å². The highest BCUT2D eigenvalue weighted by Gasteiger charge is 2.16. The molecule has 250 valence electrons. The number of anilines is 2. The lowest BCUT2D eigenvalue weighted by Gasteiger charge is -2.26. The van der Waals surface area contributed by atoms with E-state index in [1.807, 2.05) is 18.2 Å². The molecule has 1 aromatic heterocycles. The average Bonchev–Trinajstić information content (AvgIpc) is 3.09. The van der Waals surface area contributed by atoms with E-state index < -0.39 is 0 Å². The molecule has 12 heteroatoms. The van der Waals surface area contributed by atoms with Crippen molar-refractivity contribution in [2.75, 3.05) is 84.2 Å². The van der Waals surface area contributed by atoms with Gasteiger partial charge in [0.2, 0.25) is 0 Å². The third-order valence-corrected chi connectivity index (χ3v) is 8.43. The fraction of sp³-hybridized carbons (Fsp3) is 0.429. The number of nitrogens with one attached hydrogen (secondary N) is 1. The molecule has 2 saturated heterocycles. The van der Waals surface area contributed by atoms with Gasteiger partial charge in [0.05, 0.1) is 50.2 Å². The summed E-state index contributed by atoms with van der Waals surface area (Å²) < 4.78 is 43.0. The molecule has 0 radical (unpaired) electrons. The molecular weight excluding hydrogens is 625 g/mol. The van der Waals surface area contributed by atoms with Gasteiger partial charge < -0.3 is 29.0 Å². The topological polar surface area (TPSA) is 90.4 Å². The molecule has 0 aliphatic carbocycles. The van der Waals surface area contributed by atoms with Gasteiger partial charge in [-0.25, -0.2) is 14.4 Å². The maximum atomic E-state index is 13.5. The van der Waals surface area contributed by atoms with Crippen molar-refractivity contribution in [1.82, 2.24) is 19.8 Å². The van der Waals surface area contributed by atoms with Gasteiger partial charge in [-0.15, -0.1) is 0 Å². The van der Waals surface area contributed by atoms with Crippen LogP contribution in [0.25, 0.3) is 10.9 Å². The normalized spacial score (nSPS) is 15.9. The summed E-state index contributed by atoms with van der Waals surface area (Å²) in [6.45, 7) is 10.2. The lowest BCUT2D eigenvalue weighted by atomic mass is 10.2. The Morgan fingerprint density at radius 1 is 0.766 bits per heavy atom. The SMILES string of the molecule is Fc1cccc(COc2ccc(Nc3ncnc4cc(OCCCN5CCOCC5)c(OCCCN5CCOCC5)cc34)cc2Cl)c1. The Morgan fingerprint density at radius 3 is 2.11 bits per heavy atom. The van der Waals surface area contributed by atoms with Crippen LogP contribution in [0.5, 0.6) is 17.2 Å². The molecule has 4 aromatic rings. The van der Waals surface area contributed by atoms with Gasteiger partial charge in [-0.2, -0.15) is 0 Å². The molecule has 3 aromatic carbocycles. The third kappa shape index (κ3) is 9.65. The second-order valence-electron chi connectivity index (χ2n) is 11.5. The second-order valence-corrected chi connectivity index (χ2v) is 11.9. The van der Waals surface area contributed by atoms with Crippen LogP contribution in [0.1, 0.15) is 18.4 Å². The van der Waals surface area contributed by atoms with Crippen LogP contribution >= 0.6 is 11.6 Å². The minimum absolute atomic E-state index is 0.202. The molecule has 0 amide bonds. The van der Waals surface area contributed by atoms with Gasteiger partial charge in [-0.1, -0.05) is 23.7 Å². The van der Waals surface area contributed by atoms with E-state index in [9.17, 15) is 4.39 Å². The standard InChI is InChI=1S/C35H41ClFN5O5/c36-30-21-28(6-7-32(30)47-24-26-4-1-5-27(37)20-26)40-35-29-22-33(45-14-2-8-41-10-16-43-17-11-41)34(23-31(29)38-25-39-35)46-15-3-9-42-12-18-44-19-13-42/h1,4-7,20-23,25H,2-3,8-19,24H2,(H,38,39,40). The lowest BCUT2D eigenvalue weighted by Crippen LogP contribution is -2.37. The number of hydrogen-bond acceptors (Lipinski definition) is 10. The first-order valence-electron chi connectivity index (χ1n) is 16.2. The summed E-state index contributed by atoms with van der Waals surface area (Å²) in [5.41, 5.74) is 2.17. The highest BCUT2D eigenvalue weighted by Crippen LogP contribution is 2.36. The monoisotopic (exact) mass is 665 g/mol. The first-order valence-corrected chi connectivity index (χ1v) is 16.6. The number of aromatic nitrogens is 2. The van der Waals surface area contributed by atoms with Crippen molar-refractivity contribution >= 4 is 34.0 Å². The zero-order valence-corrected chi connectivity index (χ0v) is 27.2. The van der Waals surface area contributed by atoms with E-state index in [-0.39, 0.29) is 12.4 Å². The van der Waals surface area contributed by atoms with Gasteiger partial charge in [-0.3, -0.25) is 9.80 Å². The Kier molecular flexibility index (Phi) is 11.9. The molecule has 0 spiro atoms. The van der Waals surface area contributed by atoms with E-state index in [2.05, 4.69) is 25.1 Å². The number of rotatable bonds is 15. The van der Waals surface area contributed by atoms with Crippen LogP contribution in [0.2, 0.25) is 5.02 Å². The third-order valence-electron chi connectivity index (χ3n) is 8.14. The van der Waals surface area contributed by atoms with Crippen LogP contribution in [0.3, 0.4) is 0 Å². The van der Waals surface area contributed by atoms with Crippen molar-refractivity contribution in [1.29, 1.82) is 0 Å². The van der Waals surface area contributed by atoms with E-state index in [1.54, 1.807) is 24.3 Å². The molecule has 47 heavy (non-hydrogen) atoms. The molecule has 0 unspecified atom stereocenters. The average molecular weight is 666 g/mol. The van der Waals surface area contributed by atoms with Gasteiger partial charge in [0.25, 0.3) is 0 Å². The smallest absolute Gasteiger partial charge is 0.163 e. The summed E-state index contributed by atoms with van der Waals surface area (Å²) in [5, 5.41) is 4.58. The summed E-state index contributed by atoms with van der Waals surface area (Å²) >= 11 is 6.57. The summed E-state index contributed by atoms with van der Waals surface area (Å²) in [5.74, 6) is 2.12. The number of morpholine rings is 2. The highest BCUT2D eigenvalue weighted by molar-refractivity contribution is 6.32. The molecule has 2 fully saturated rings. The fourth-order valence-corrected chi connectivity index (χ4v) is 5.83. The first-order chi connectivity index (χ1) is 23.1. The van der Waals surface area contributed by atoms with Gasteiger partial charge in [0.15, 0.2) is 11.5 Å². The maximum Gasteiger partial charge on any atom is 0.163 e. The molecule has 6 rings (SSSR count). The number of benzene rings is 3. The Balaban J connectivity index is 1.14. The van der Waals surface area contributed by atoms with Gasteiger partial charge in [0, 0.05) is 56.4 Å². The Labute approximate surface area is 279 Å². The van der Waals surface area contributed by atoms with Crippen LogP contribution in [-0.2, 0) is 16.1 Å². The molecule has 0 saturated carbocycles. The number of ether oxygens (including phenoxy) is 5. The van der Waals surface area contributed by atoms with Crippen molar-refractivity contribution < 1.29 is 28.1 Å². The lowest BCUT2D eigenvalue weighted by molar-refractivity contribution is 0.0353. The van der Waals surface area contributed by atoms with E-state index >= 15 is 0 Å². The maximum absolute atomic E-state index is 13.5. The minimum atomic E-state index is -0.308. The van der Waals surface area contributed by atoms with E-state index in [0.717, 1.165) is 101 Å². The second kappa shape index (κ2) is 16.9. The summed E-state index contributed by atoms with van der Waals surface area (Å²) in [6, 6.07) is 15.6. The molecular formula is C35H41ClFN5O5. The van der Waals surface area contributed by atoms with Crippen molar-refractivity contribution in [3.63, 3.8) is 0 Å². The van der Waals surface area contributed by atoms with Crippen molar-refractivity contribution in [2.24, 2.45) is 0 Å². The summed E-state index contributed by atoms with van der Waals surface area (Å²) in [6.07, 6.45) is 3.30. The van der Waals surface area contributed by atoms with E-state index in [4.69, 9.17) is 35.3 Å². The van der Waals surface area contributed by atoms with Crippen LogP contribution < -0.4 is 19.5 Å². The highest BCUT2D eigenvalue weighted by atomic mass is 35.5. The van der Waals surface area contributed by atoms with Crippen molar-refractivity contribution in [3.8, 4) is 17.2 Å². The van der Waals surface area contributed by atoms with Crippen molar-refractivity contribution in [3.05, 3.63) is 77.3 Å². The van der Waals surface area contributed by atoms with Crippen LogP contribution in [0, 0.1) is 5.82 Å². The molecule has 3 heterocycles. The zero-order chi connectivity index (χ0) is 32.3. The number of hydrogen-bond donors (Lipinski definition) is 1. The quantitative estimate of drug-likeness (QED) is 0.154. The Bertz CT molecular complexity index is 1600. The van der Waals surface area contributed by atoms with Gasteiger partial charge in [-0.05, 0) is 54.8 Å². The number of halogens is 2. The number of nitrogens with zero attached hydrogens (tertiary/aromatic N) is 4. The summed E-state index contributed by atoms with van der Waals surface area (Å²) in [4.78, 5) is 13.9. The molecule has 1 N–H and O–H groups in total. The van der Waals surface area contributed by atoms with Gasteiger partial charge >= 0.3 is 0 Å². The Morgan fingerprint density at radius 2 is 1.45 bits per heavy atom. The van der Waals surface area contributed by atoms with E-state index in [1.165, 1.54) is 18.5 Å². The van der Waals surface area contributed by atoms with Crippen LogP contribution in [-0.4, -0.2) is 98.7 Å². The zero-order valence-electron chi connectivity index (χ0n) is 26.5. The fourth-order valence-electron chi connectivity index (χ4n) is 5.60. The minimum Gasteiger partial charge on any atom is -0.490 e. The summed E-state index contributed by atoms with van der Waals surface area (Å²) in [7, 11) is 0. The van der Waals surface area contributed by atoms with Crippen LogP contribution in [0.15, 0.2) is 60.9 Å². The molecule has 10 nitrogen and oxygen atoms in total. The van der Waals surface area contributed by atoms with Gasteiger partial charge in [0.1, 0.15) is 30.3 Å².